The molecule has 1 N–H and O–H groups in total. The van der Waals surface area contributed by atoms with Gasteiger partial charge in [0.05, 0.1) is 22.7 Å². The Bertz CT molecular complexity index is 954. The fourth-order valence-electron chi connectivity index (χ4n) is 3.85. The van der Waals surface area contributed by atoms with Crippen molar-refractivity contribution in [3.63, 3.8) is 0 Å². The SMILES string of the molecule is N#CC1=CN2C[C@@]3(CC[C@H](O)c4c3ccc(Br)c4F)N=C2C(OC(F)F)=C1. The molecule has 5 nitrogen and oxygen atoms in total. The number of hydrogen-bond acceptors (Lipinski definition) is 5. The Morgan fingerprint density at radius 2 is 2.22 bits per heavy atom. The van der Waals surface area contributed by atoms with E-state index >= 15 is 0 Å². The van der Waals surface area contributed by atoms with Crippen LogP contribution in [0, 0.1) is 17.1 Å². The highest BCUT2D eigenvalue weighted by molar-refractivity contribution is 9.10. The standard InChI is InChI=1S/C18H13BrF3N3O2/c19-11-2-1-10-14(15(11)20)12(26)3-4-18(10)8-25-7-9(6-23)5-13(16(25)24-18)27-17(21)22/h1-2,5,7,12,17,26H,3-4,8H2/t12-,18+/m0/s1. The van der Waals surface area contributed by atoms with Gasteiger partial charge in [-0.25, -0.2) is 4.39 Å². The van der Waals surface area contributed by atoms with Gasteiger partial charge in [-0.1, -0.05) is 6.07 Å². The van der Waals surface area contributed by atoms with E-state index in [2.05, 4.69) is 25.7 Å². The fourth-order valence-corrected chi connectivity index (χ4v) is 4.20. The number of rotatable bonds is 2. The number of aliphatic hydroxyl groups excluding tert-OH is 1. The number of amidine groups is 1. The molecule has 2 atom stereocenters. The van der Waals surface area contributed by atoms with E-state index in [-0.39, 0.29) is 40.2 Å². The van der Waals surface area contributed by atoms with Crippen molar-refractivity contribution >= 4 is 21.8 Å². The number of nitrogens with zero attached hydrogens (tertiary/aromatic N) is 3. The van der Waals surface area contributed by atoms with Crippen LogP contribution in [0.1, 0.15) is 30.1 Å². The molecule has 0 saturated heterocycles. The summed E-state index contributed by atoms with van der Waals surface area (Å²) in [7, 11) is 0. The predicted molar refractivity (Wildman–Crippen MR) is 93.0 cm³/mol. The molecule has 0 fully saturated rings. The lowest BCUT2D eigenvalue weighted by atomic mass is 9.75. The first-order valence-electron chi connectivity index (χ1n) is 8.16. The van der Waals surface area contributed by atoms with Crippen molar-refractivity contribution in [2.75, 3.05) is 6.54 Å². The van der Waals surface area contributed by atoms with Crippen molar-refractivity contribution in [2.45, 2.75) is 31.1 Å². The summed E-state index contributed by atoms with van der Waals surface area (Å²) in [6.07, 6.45) is 2.42. The quantitative estimate of drug-likeness (QED) is 0.759. The maximum absolute atomic E-state index is 14.6. The van der Waals surface area contributed by atoms with E-state index in [0.717, 1.165) is 0 Å². The zero-order valence-corrected chi connectivity index (χ0v) is 15.4. The molecule has 1 aliphatic carbocycles. The molecule has 1 spiro atoms. The van der Waals surface area contributed by atoms with E-state index in [1.807, 2.05) is 6.07 Å². The van der Waals surface area contributed by atoms with Crippen molar-refractivity contribution < 1.29 is 23.0 Å². The summed E-state index contributed by atoms with van der Waals surface area (Å²) in [5.74, 6) is -0.594. The summed E-state index contributed by atoms with van der Waals surface area (Å²) in [4.78, 5) is 6.19. The van der Waals surface area contributed by atoms with E-state index in [9.17, 15) is 18.3 Å². The Balaban J connectivity index is 1.85. The number of nitriles is 1. The van der Waals surface area contributed by atoms with Gasteiger partial charge < -0.3 is 14.7 Å². The molecule has 9 heteroatoms. The van der Waals surface area contributed by atoms with Crippen LogP contribution in [0.4, 0.5) is 13.2 Å². The van der Waals surface area contributed by atoms with Gasteiger partial charge in [0.1, 0.15) is 17.4 Å². The van der Waals surface area contributed by atoms with Gasteiger partial charge in [0, 0.05) is 17.8 Å². The van der Waals surface area contributed by atoms with Gasteiger partial charge in [0.2, 0.25) is 0 Å². The Labute approximate surface area is 161 Å². The van der Waals surface area contributed by atoms with Crippen LogP contribution < -0.4 is 0 Å². The minimum absolute atomic E-state index is 0.153. The number of benzene rings is 1. The summed E-state index contributed by atoms with van der Waals surface area (Å²) in [5.41, 5.74) is -0.103. The summed E-state index contributed by atoms with van der Waals surface area (Å²) < 4.78 is 45.0. The second-order valence-corrected chi connectivity index (χ2v) is 7.41. The third-order valence-corrected chi connectivity index (χ3v) is 5.58. The molecule has 140 valence electrons. The van der Waals surface area contributed by atoms with Crippen molar-refractivity contribution in [1.82, 2.24) is 4.90 Å². The van der Waals surface area contributed by atoms with Crippen LogP contribution in [-0.4, -0.2) is 29.0 Å². The van der Waals surface area contributed by atoms with Crippen LogP contribution in [0.2, 0.25) is 0 Å². The monoisotopic (exact) mass is 439 g/mol. The summed E-state index contributed by atoms with van der Waals surface area (Å²) >= 11 is 3.12. The Morgan fingerprint density at radius 1 is 1.44 bits per heavy atom. The number of aliphatic imine (C=N–C) groups is 1. The molecular weight excluding hydrogens is 427 g/mol. The first-order chi connectivity index (χ1) is 12.8. The van der Waals surface area contributed by atoms with Gasteiger partial charge >= 0.3 is 6.61 Å². The zero-order chi connectivity index (χ0) is 19.3. The Kier molecular flexibility index (Phi) is 4.28. The first kappa shape index (κ1) is 18.1. The van der Waals surface area contributed by atoms with Gasteiger partial charge in [0.25, 0.3) is 0 Å². The average molecular weight is 440 g/mol. The lowest BCUT2D eigenvalue weighted by Gasteiger charge is -2.36. The molecular formula is C18H13BrF3N3O2. The minimum Gasteiger partial charge on any atom is -0.431 e. The van der Waals surface area contributed by atoms with E-state index in [1.165, 1.54) is 18.3 Å². The molecule has 2 heterocycles. The van der Waals surface area contributed by atoms with Crippen LogP contribution >= 0.6 is 15.9 Å². The van der Waals surface area contributed by atoms with Crippen LogP contribution in [0.25, 0.3) is 0 Å². The molecule has 3 aliphatic rings. The van der Waals surface area contributed by atoms with E-state index in [1.54, 1.807) is 11.0 Å². The molecule has 4 rings (SSSR count). The summed E-state index contributed by atoms with van der Waals surface area (Å²) in [6, 6.07) is 5.13. The number of fused-ring (bicyclic) bond motifs is 3. The van der Waals surface area contributed by atoms with Crippen molar-refractivity contribution in [1.29, 1.82) is 5.26 Å². The van der Waals surface area contributed by atoms with E-state index < -0.39 is 24.1 Å². The molecule has 1 aromatic carbocycles. The molecule has 0 amide bonds. The molecule has 0 radical (unpaired) electrons. The smallest absolute Gasteiger partial charge is 0.387 e. The van der Waals surface area contributed by atoms with Crippen LogP contribution in [0.3, 0.4) is 0 Å². The molecule has 0 aromatic heterocycles. The number of aliphatic hydroxyl groups is 1. The summed E-state index contributed by atoms with van der Waals surface area (Å²) in [5, 5.41) is 19.5. The van der Waals surface area contributed by atoms with Gasteiger partial charge in [-0.05, 0) is 40.4 Å². The van der Waals surface area contributed by atoms with Crippen molar-refractivity contribution in [2.24, 2.45) is 4.99 Å². The maximum Gasteiger partial charge on any atom is 0.387 e. The number of ether oxygens (including phenoxy) is 1. The van der Waals surface area contributed by atoms with Crippen molar-refractivity contribution in [3.05, 3.63) is 57.2 Å². The van der Waals surface area contributed by atoms with E-state index in [4.69, 9.17) is 5.26 Å². The molecule has 1 aromatic rings. The highest BCUT2D eigenvalue weighted by Gasteiger charge is 2.48. The number of alkyl halides is 2. The molecule has 2 aliphatic heterocycles. The van der Waals surface area contributed by atoms with Crippen LogP contribution in [0.5, 0.6) is 0 Å². The molecule has 27 heavy (non-hydrogen) atoms. The lowest BCUT2D eigenvalue weighted by molar-refractivity contribution is -0.0906. The topological polar surface area (TPSA) is 68.9 Å². The minimum atomic E-state index is -3.07. The average Bonchev–Trinajstić information content (AvgIpc) is 3.00. The van der Waals surface area contributed by atoms with Gasteiger partial charge in [-0.2, -0.15) is 14.0 Å². The largest absolute Gasteiger partial charge is 0.431 e. The number of halogens is 4. The van der Waals surface area contributed by atoms with Gasteiger partial charge in [-0.15, -0.1) is 0 Å². The Hall–Kier alpha value is -2.31. The third kappa shape index (κ3) is 2.84. The van der Waals surface area contributed by atoms with Gasteiger partial charge in [-0.3, -0.25) is 4.99 Å². The van der Waals surface area contributed by atoms with Crippen molar-refractivity contribution in [3.8, 4) is 6.07 Å². The van der Waals surface area contributed by atoms with Gasteiger partial charge in [0.15, 0.2) is 11.6 Å². The maximum atomic E-state index is 14.6. The lowest BCUT2D eigenvalue weighted by Crippen LogP contribution is -2.37. The van der Waals surface area contributed by atoms with Crippen LogP contribution in [-0.2, 0) is 10.3 Å². The highest BCUT2D eigenvalue weighted by atomic mass is 79.9. The highest BCUT2D eigenvalue weighted by Crippen LogP contribution is 2.48. The van der Waals surface area contributed by atoms with Crippen LogP contribution in [0.15, 0.2) is 45.2 Å². The summed E-state index contributed by atoms with van der Waals surface area (Å²) in [6.45, 7) is -2.83. The second kappa shape index (κ2) is 6.39. The molecule has 0 bridgehead atoms. The third-order valence-electron chi connectivity index (χ3n) is 4.97. The zero-order valence-electron chi connectivity index (χ0n) is 13.8. The first-order valence-corrected chi connectivity index (χ1v) is 8.96. The number of allylic oxidation sites excluding steroid dienone is 2. The normalized spacial score (nSPS) is 26.2. The molecule has 0 saturated carbocycles. The predicted octanol–water partition coefficient (Wildman–Crippen LogP) is 3.87. The van der Waals surface area contributed by atoms with E-state index in [0.29, 0.717) is 12.0 Å². The Morgan fingerprint density at radius 3 is 2.93 bits per heavy atom. The molecule has 0 unspecified atom stereocenters. The second-order valence-electron chi connectivity index (χ2n) is 6.56. The fraction of sp³-hybridized carbons (Fsp3) is 0.333. The number of hydrogen-bond donors (Lipinski definition) is 1.